The number of halogens is 1. The minimum atomic E-state index is -0.650. The number of amides is 1. The molecule has 0 aliphatic carbocycles. The lowest BCUT2D eigenvalue weighted by molar-refractivity contribution is -0.118. The fourth-order valence-electron chi connectivity index (χ4n) is 2.64. The summed E-state index contributed by atoms with van der Waals surface area (Å²) >= 11 is 6.39. The molecule has 0 fully saturated rings. The lowest BCUT2D eigenvalue weighted by Crippen LogP contribution is -2.43. The number of fused-ring (bicyclic) bond motifs is 1. The van der Waals surface area contributed by atoms with Crippen LogP contribution in [-0.2, 0) is 4.79 Å². The molecule has 1 amide bonds. The van der Waals surface area contributed by atoms with Gasteiger partial charge in [-0.25, -0.2) is 0 Å². The number of likely N-dealkylation sites (N-methyl/N-ethyl adjacent to an activating group) is 1. The third-order valence-corrected chi connectivity index (χ3v) is 4.26. The Morgan fingerprint density at radius 3 is 2.33 bits per heavy atom. The van der Waals surface area contributed by atoms with E-state index in [1.54, 1.807) is 4.90 Å². The maximum Gasteiger partial charge on any atom is 0.249 e. The van der Waals surface area contributed by atoms with Gasteiger partial charge in [0, 0.05) is 20.1 Å². The Hall–Kier alpha value is -2.00. The van der Waals surface area contributed by atoms with Crippen molar-refractivity contribution >= 4 is 28.9 Å². The Morgan fingerprint density at radius 1 is 1.00 bits per heavy atom. The van der Waals surface area contributed by atoms with E-state index in [-0.39, 0.29) is 5.91 Å². The van der Waals surface area contributed by atoms with E-state index in [9.17, 15) is 4.79 Å². The summed E-state index contributed by atoms with van der Waals surface area (Å²) in [6, 6.07) is 17.4. The molecule has 108 valence electrons. The summed E-state index contributed by atoms with van der Waals surface area (Å²) in [7, 11) is 2.04. The van der Waals surface area contributed by atoms with Crippen molar-refractivity contribution < 1.29 is 4.79 Å². The molecule has 1 unspecified atom stereocenters. The summed E-state index contributed by atoms with van der Waals surface area (Å²) < 4.78 is 0. The molecule has 1 heterocycles. The van der Waals surface area contributed by atoms with Crippen LogP contribution in [0.4, 0.5) is 11.4 Å². The van der Waals surface area contributed by atoms with E-state index < -0.39 is 5.38 Å². The first-order chi connectivity index (χ1) is 10.2. The molecule has 4 heteroatoms. The van der Waals surface area contributed by atoms with Gasteiger partial charge in [0.1, 0.15) is 5.38 Å². The van der Waals surface area contributed by atoms with Gasteiger partial charge < -0.3 is 9.80 Å². The highest BCUT2D eigenvalue weighted by Gasteiger charge is 2.29. The van der Waals surface area contributed by atoms with Crippen LogP contribution >= 0.6 is 11.6 Å². The zero-order valence-electron chi connectivity index (χ0n) is 11.9. The van der Waals surface area contributed by atoms with Crippen molar-refractivity contribution in [2.45, 2.75) is 5.38 Å². The molecule has 0 saturated heterocycles. The first kappa shape index (κ1) is 14.0. The Balaban J connectivity index is 1.91. The summed E-state index contributed by atoms with van der Waals surface area (Å²) in [5.74, 6) is -0.0663. The topological polar surface area (TPSA) is 23.6 Å². The monoisotopic (exact) mass is 300 g/mol. The minimum Gasteiger partial charge on any atom is -0.371 e. The van der Waals surface area contributed by atoms with Crippen LogP contribution in [0.2, 0.25) is 0 Å². The van der Waals surface area contributed by atoms with Gasteiger partial charge in [0.15, 0.2) is 0 Å². The van der Waals surface area contributed by atoms with Crippen LogP contribution in [0, 0.1) is 0 Å². The molecule has 0 saturated carbocycles. The molecular formula is C17H17ClN2O. The van der Waals surface area contributed by atoms with Gasteiger partial charge in [-0.3, -0.25) is 4.79 Å². The molecule has 2 aromatic carbocycles. The number of carbonyl (C=O) groups excluding carboxylic acids is 1. The van der Waals surface area contributed by atoms with Gasteiger partial charge in [-0.05, 0) is 17.7 Å². The quantitative estimate of drug-likeness (QED) is 0.793. The van der Waals surface area contributed by atoms with Crippen LogP contribution < -0.4 is 9.80 Å². The van der Waals surface area contributed by atoms with E-state index >= 15 is 0 Å². The maximum atomic E-state index is 12.7. The van der Waals surface area contributed by atoms with E-state index in [0.29, 0.717) is 6.54 Å². The van der Waals surface area contributed by atoms with E-state index in [2.05, 4.69) is 4.90 Å². The Labute approximate surface area is 129 Å². The first-order valence-electron chi connectivity index (χ1n) is 6.99. The molecule has 3 nitrogen and oxygen atoms in total. The van der Waals surface area contributed by atoms with E-state index in [0.717, 1.165) is 23.5 Å². The standard InChI is InChI=1S/C17H17ClN2O/c1-19-11-12-20(15-10-6-5-9-14(15)19)17(21)16(18)13-7-3-2-4-8-13/h2-10,16H,11-12H2,1H3. The van der Waals surface area contributed by atoms with Gasteiger partial charge in [0.2, 0.25) is 5.91 Å². The summed E-state index contributed by atoms with van der Waals surface area (Å²) in [5, 5.41) is -0.650. The Morgan fingerprint density at radius 2 is 1.62 bits per heavy atom. The number of benzene rings is 2. The highest BCUT2D eigenvalue weighted by molar-refractivity contribution is 6.33. The van der Waals surface area contributed by atoms with Crippen molar-refractivity contribution in [3.05, 3.63) is 60.2 Å². The van der Waals surface area contributed by atoms with Crippen LogP contribution in [0.5, 0.6) is 0 Å². The average molecular weight is 301 g/mol. The summed E-state index contributed by atoms with van der Waals surface area (Å²) in [4.78, 5) is 16.7. The molecule has 3 rings (SSSR count). The average Bonchev–Trinajstić information content (AvgIpc) is 2.55. The van der Waals surface area contributed by atoms with Gasteiger partial charge >= 0.3 is 0 Å². The predicted octanol–water partition coefficient (Wildman–Crippen LogP) is 3.45. The SMILES string of the molecule is CN1CCN(C(=O)C(Cl)c2ccccc2)c2ccccc21. The van der Waals surface area contributed by atoms with Gasteiger partial charge in [0.05, 0.1) is 11.4 Å². The smallest absolute Gasteiger partial charge is 0.249 e. The molecule has 0 aromatic heterocycles. The predicted molar refractivity (Wildman–Crippen MR) is 87.1 cm³/mol. The lowest BCUT2D eigenvalue weighted by Gasteiger charge is -2.36. The van der Waals surface area contributed by atoms with Crippen molar-refractivity contribution in [1.82, 2.24) is 0 Å². The third-order valence-electron chi connectivity index (χ3n) is 3.82. The fraction of sp³-hybridized carbons (Fsp3) is 0.235. The molecule has 0 bridgehead atoms. The number of rotatable bonds is 2. The highest BCUT2D eigenvalue weighted by atomic mass is 35.5. The van der Waals surface area contributed by atoms with E-state index in [1.807, 2.05) is 61.6 Å². The van der Waals surface area contributed by atoms with Crippen molar-refractivity contribution in [1.29, 1.82) is 0 Å². The van der Waals surface area contributed by atoms with Crippen molar-refractivity contribution in [2.75, 3.05) is 29.9 Å². The number of alkyl halides is 1. The molecule has 1 aliphatic rings. The number of hydrogen-bond donors (Lipinski definition) is 0. The zero-order chi connectivity index (χ0) is 14.8. The second kappa shape index (κ2) is 5.78. The summed E-state index contributed by atoms with van der Waals surface area (Å²) in [5.41, 5.74) is 2.83. The molecule has 21 heavy (non-hydrogen) atoms. The normalized spacial score (nSPS) is 15.5. The van der Waals surface area contributed by atoms with Gasteiger partial charge in [-0.1, -0.05) is 42.5 Å². The second-order valence-electron chi connectivity index (χ2n) is 5.17. The van der Waals surface area contributed by atoms with Crippen LogP contribution in [0.3, 0.4) is 0 Å². The number of carbonyl (C=O) groups is 1. The first-order valence-corrected chi connectivity index (χ1v) is 7.42. The largest absolute Gasteiger partial charge is 0.371 e. The van der Waals surface area contributed by atoms with Crippen LogP contribution in [0.1, 0.15) is 10.9 Å². The number of hydrogen-bond acceptors (Lipinski definition) is 2. The van der Waals surface area contributed by atoms with Crippen LogP contribution in [0.15, 0.2) is 54.6 Å². The lowest BCUT2D eigenvalue weighted by atomic mass is 10.1. The number of anilines is 2. The summed E-state index contributed by atoms with van der Waals surface area (Å²) in [6.45, 7) is 1.46. The maximum absolute atomic E-state index is 12.7. The van der Waals surface area contributed by atoms with Gasteiger partial charge in [0.25, 0.3) is 0 Å². The third kappa shape index (κ3) is 2.61. The zero-order valence-corrected chi connectivity index (χ0v) is 12.6. The molecule has 2 aromatic rings. The van der Waals surface area contributed by atoms with Crippen molar-refractivity contribution in [2.24, 2.45) is 0 Å². The van der Waals surface area contributed by atoms with Crippen molar-refractivity contribution in [3.8, 4) is 0 Å². The number of para-hydroxylation sites is 2. The molecular weight excluding hydrogens is 284 g/mol. The Kier molecular flexibility index (Phi) is 3.84. The number of nitrogens with zero attached hydrogens (tertiary/aromatic N) is 2. The van der Waals surface area contributed by atoms with Crippen LogP contribution in [0.25, 0.3) is 0 Å². The Bertz CT molecular complexity index is 644. The molecule has 0 spiro atoms. The van der Waals surface area contributed by atoms with E-state index in [1.165, 1.54) is 0 Å². The van der Waals surface area contributed by atoms with Gasteiger partial charge in [-0.15, -0.1) is 11.6 Å². The molecule has 1 aliphatic heterocycles. The van der Waals surface area contributed by atoms with E-state index in [4.69, 9.17) is 11.6 Å². The highest BCUT2D eigenvalue weighted by Crippen LogP contribution is 2.34. The summed E-state index contributed by atoms with van der Waals surface area (Å²) in [6.07, 6.45) is 0. The second-order valence-corrected chi connectivity index (χ2v) is 5.61. The fourth-order valence-corrected chi connectivity index (χ4v) is 2.90. The molecule has 0 radical (unpaired) electrons. The van der Waals surface area contributed by atoms with Gasteiger partial charge in [-0.2, -0.15) is 0 Å². The molecule has 0 N–H and O–H groups in total. The molecule has 1 atom stereocenters. The minimum absolute atomic E-state index is 0.0663. The van der Waals surface area contributed by atoms with Crippen molar-refractivity contribution in [3.63, 3.8) is 0 Å². The van der Waals surface area contributed by atoms with Crippen LogP contribution in [-0.4, -0.2) is 26.0 Å².